The van der Waals surface area contributed by atoms with Crippen molar-refractivity contribution in [3.05, 3.63) is 30.0 Å². The highest BCUT2D eigenvalue weighted by Gasteiger charge is 2.17. The van der Waals surface area contributed by atoms with E-state index < -0.39 is 16.0 Å². The van der Waals surface area contributed by atoms with E-state index in [2.05, 4.69) is 20.1 Å². The fraction of sp³-hybridized carbons (Fsp3) is 0.100. The molecule has 0 saturated heterocycles. The molecule has 0 aliphatic carbocycles. The molecule has 0 fully saturated rings. The number of sulfonamides is 1. The van der Waals surface area contributed by atoms with E-state index >= 15 is 0 Å². The molecule has 0 bridgehead atoms. The summed E-state index contributed by atoms with van der Waals surface area (Å²) in [6.07, 6.45) is 0. The summed E-state index contributed by atoms with van der Waals surface area (Å²) >= 11 is 0. The standard InChI is InChI=1S/C10H10N4O5S/c1-11-20(17,18)7-4-2-6(3-5-7)19-9-8(10(15)16)12-14-13-9/h2-5,11H,1H3,(H,15,16)(H,12,13,14). The number of hydrogen-bond acceptors (Lipinski definition) is 6. The summed E-state index contributed by atoms with van der Waals surface area (Å²) in [5.74, 6) is -1.24. The van der Waals surface area contributed by atoms with Crippen LogP contribution in [0.3, 0.4) is 0 Å². The molecule has 0 amide bonds. The van der Waals surface area contributed by atoms with Crippen LogP contribution in [0.5, 0.6) is 11.6 Å². The SMILES string of the molecule is CNS(=O)(=O)c1ccc(Oc2nn[nH]c2C(=O)O)cc1. The lowest BCUT2D eigenvalue weighted by Crippen LogP contribution is -2.18. The van der Waals surface area contributed by atoms with E-state index in [4.69, 9.17) is 9.84 Å². The maximum Gasteiger partial charge on any atom is 0.359 e. The van der Waals surface area contributed by atoms with Gasteiger partial charge in [-0.05, 0) is 31.3 Å². The van der Waals surface area contributed by atoms with Gasteiger partial charge in [-0.25, -0.2) is 23.0 Å². The van der Waals surface area contributed by atoms with Crippen LogP contribution < -0.4 is 9.46 Å². The lowest BCUT2D eigenvalue weighted by atomic mass is 10.3. The number of carboxylic acids is 1. The summed E-state index contributed by atoms with van der Waals surface area (Å²) in [5, 5.41) is 17.8. The maximum absolute atomic E-state index is 11.5. The first kappa shape index (κ1) is 14.0. The van der Waals surface area contributed by atoms with E-state index in [1.165, 1.54) is 31.3 Å². The van der Waals surface area contributed by atoms with Gasteiger partial charge in [-0.2, -0.15) is 0 Å². The fourth-order valence-corrected chi connectivity index (χ4v) is 2.08. The second-order valence-corrected chi connectivity index (χ2v) is 5.46. The average Bonchev–Trinajstić information content (AvgIpc) is 2.88. The van der Waals surface area contributed by atoms with Crippen LogP contribution in [0.2, 0.25) is 0 Å². The summed E-state index contributed by atoms with van der Waals surface area (Å²) < 4.78 is 30.4. The Morgan fingerprint density at radius 2 is 2.00 bits per heavy atom. The Morgan fingerprint density at radius 3 is 2.55 bits per heavy atom. The molecule has 106 valence electrons. The number of benzene rings is 1. The minimum Gasteiger partial charge on any atom is -0.476 e. The van der Waals surface area contributed by atoms with Gasteiger partial charge in [0.2, 0.25) is 15.7 Å². The highest BCUT2D eigenvalue weighted by molar-refractivity contribution is 7.89. The van der Waals surface area contributed by atoms with Crippen molar-refractivity contribution in [1.29, 1.82) is 0 Å². The maximum atomic E-state index is 11.5. The highest BCUT2D eigenvalue weighted by Crippen LogP contribution is 2.22. The minimum atomic E-state index is -3.53. The second kappa shape index (κ2) is 5.27. The van der Waals surface area contributed by atoms with E-state index in [0.29, 0.717) is 0 Å². The first-order chi connectivity index (χ1) is 9.44. The largest absolute Gasteiger partial charge is 0.476 e. The summed E-state index contributed by atoms with van der Waals surface area (Å²) in [7, 11) is -2.23. The van der Waals surface area contributed by atoms with Gasteiger partial charge >= 0.3 is 5.97 Å². The number of aromatic carboxylic acids is 1. The zero-order chi connectivity index (χ0) is 14.8. The van der Waals surface area contributed by atoms with Crippen molar-refractivity contribution in [3.63, 3.8) is 0 Å². The Hall–Kier alpha value is -2.46. The molecule has 10 heteroatoms. The van der Waals surface area contributed by atoms with Crippen LogP contribution in [-0.4, -0.2) is 42.0 Å². The average molecular weight is 298 g/mol. The van der Waals surface area contributed by atoms with Crippen molar-refractivity contribution in [2.24, 2.45) is 0 Å². The van der Waals surface area contributed by atoms with Crippen LogP contribution in [0, 0.1) is 0 Å². The molecular weight excluding hydrogens is 288 g/mol. The van der Waals surface area contributed by atoms with Gasteiger partial charge in [0, 0.05) is 0 Å². The number of ether oxygens (including phenoxy) is 1. The molecule has 2 aromatic rings. The molecule has 0 spiro atoms. The Morgan fingerprint density at radius 1 is 1.35 bits per heavy atom. The number of nitrogens with one attached hydrogen (secondary N) is 2. The predicted octanol–water partition coefficient (Wildman–Crippen LogP) is 0.203. The quantitative estimate of drug-likeness (QED) is 0.717. The van der Waals surface area contributed by atoms with Gasteiger partial charge in [0.15, 0.2) is 0 Å². The first-order valence-electron chi connectivity index (χ1n) is 5.30. The Kier molecular flexibility index (Phi) is 3.68. The lowest BCUT2D eigenvalue weighted by Gasteiger charge is -2.05. The zero-order valence-electron chi connectivity index (χ0n) is 10.2. The van der Waals surface area contributed by atoms with Crippen LogP contribution in [0.4, 0.5) is 0 Å². The second-order valence-electron chi connectivity index (χ2n) is 3.58. The van der Waals surface area contributed by atoms with Crippen LogP contribution >= 0.6 is 0 Å². The molecule has 2 rings (SSSR count). The van der Waals surface area contributed by atoms with Gasteiger partial charge in [-0.3, -0.25) is 0 Å². The molecule has 0 saturated carbocycles. The van der Waals surface area contributed by atoms with Gasteiger partial charge in [-0.1, -0.05) is 10.3 Å². The van der Waals surface area contributed by atoms with Crippen molar-refractivity contribution >= 4 is 16.0 Å². The zero-order valence-corrected chi connectivity index (χ0v) is 11.0. The lowest BCUT2D eigenvalue weighted by molar-refractivity contribution is 0.0687. The van der Waals surface area contributed by atoms with Gasteiger partial charge in [0.1, 0.15) is 5.75 Å². The van der Waals surface area contributed by atoms with Crippen LogP contribution in [0.1, 0.15) is 10.5 Å². The molecule has 3 N–H and O–H groups in total. The van der Waals surface area contributed by atoms with Crippen LogP contribution in [0.25, 0.3) is 0 Å². The number of carbonyl (C=O) groups is 1. The number of H-pyrrole nitrogens is 1. The molecule has 20 heavy (non-hydrogen) atoms. The van der Waals surface area contributed by atoms with Crippen molar-refractivity contribution in [2.75, 3.05) is 7.05 Å². The molecular formula is C10H10N4O5S. The molecule has 1 heterocycles. The topological polar surface area (TPSA) is 134 Å². The number of rotatable bonds is 5. The summed E-state index contributed by atoms with van der Waals surface area (Å²) in [6, 6.07) is 5.40. The van der Waals surface area contributed by atoms with Gasteiger partial charge in [0.05, 0.1) is 4.90 Å². The first-order valence-corrected chi connectivity index (χ1v) is 6.78. The fourth-order valence-electron chi connectivity index (χ4n) is 1.35. The van der Waals surface area contributed by atoms with E-state index in [-0.39, 0.29) is 22.2 Å². The predicted molar refractivity (Wildman–Crippen MR) is 66.1 cm³/mol. The molecule has 0 unspecified atom stereocenters. The van der Waals surface area contributed by atoms with Gasteiger partial charge in [0.25, 0.3) is 5.88 Å². The minimum absolute atomic E-state index is 0.0611. The number of nitrogens with zero attached hydrogens (tertiary/aromatic N) is 2. The third-order valence-electron chi connectivity index (χ3n) is 2.35. The number of carboxylic acid groups (broad SMARTS) is 1. The molecule has 1 aromatic carbocycles. The van der Waals surface area contributed by atoms with Crippen LogP contribution in [0.15, 0.2) is 29.2 Å². The molecule has 0 aliphatic heterocycles. The molecule has 1 aromatic heterocycles. The monoisotopic (exact) mass is 298 g/mol. The Balaban J connectivity index is 2.24. The number of hydrogen-bond donors (Lipinski definition) is 3. The summed E-state index contributed by atoms with van der Waals surface area (Å²) in [5.41, 5.74) is -0.295. The molecule has 9 nitrogen and oxygen atoms in total. The highest BCUT2D eigenvalue weighted by atomic mass is 32.2. The van der Waals surface area contributed by atoms with Gasteiger partial charge < -0.3 is 9.84 Å². The van der Waals surface area contributed by atoms with Crippen molar-refractivity contribution < 1.29 is 23.1 Å². The van der Waals surface area contributed by atoms with E-state index in [0.717, 1.165) is 0 Å². The summed E-state index contributed by atoms with van der Waals surface area (Å²) in [6.45, 7) is 0. The van der Waals surface area contributed by atoms with Crippen molar-refractivity contribution in [1.82, 2.24) is 20.1 Å². The smallest absolute Gasteiger partial charge is 0.359 e. The third kappa shape index (κ3) is 2.75. The third-order valence-corrected chi connectivity index (χ3v) is 3.78. The molecule has 0 atom stereocenters. The van der Waals surface area contributed by atoms with Crippen molar-refractivity contribution in [3.8, 4) is 11.6 Å². The van der Waals surface area contributed by atoms with Crippen molar-refractivity contribution in [2.45, 2.75) is 4.90 Å². The molecule has 0 radical (unpaired) electrons. The van der Waals surface area contributed by atoms with E-state index in [9.17, 15) is 13.2 Å². The van der Waals surface area contributed by atoms with E-state index in [1.54, 1.807) is 0 Å². The van der Waals surface area contributed by atoms with E-state index in [1.807, 2.05) is 0 Å². The number of aromatic nitrogens is 3. The Bertz CT molecular complexity index is 722. The summed E-state index contributed by atoms with van der Waals surface area (Å²) in [4.78, 5) is 10.9. The normalized spacial score (nSPS) is 11.2. The van der Waals surface area contributed by atoms with Gasteiger partial charge in [-0.15, -0.1) is 0 Å². The number of aromatic amines is 1. The Labute approximate surface area is 113 Å². The molecule has 0 aliphatic rings. The van der Waals surface area contributed by atoms with Crippen LogP contribution in [-0.2, 0) is 10.0 Å².